The summed E-state index contributed by atoms with van der Waals surface area (Å²) in [6.07, 6.45) is 4.67. The number of hydrogen-bond donors (Lipinski definition) is 1. The first kappa shape index (κ1) is 16.3. The average Bonchev–Trinajstić information content (AvgIpc) is 3.31. The molecule has 0 spiro atoms. The van der Waals surface area contributed by atoms with Crippen LogP contribution in [-0.2, 0) is 4.79 Å². The van der Waals surface area contributed by atoms with Gasteiger partial charge in [0.25, 0.3) is 0 Å². The molecule has 1 amide bonds. The number of thiazole rings is 1. The van der Waals surface area contributed by atoms with Crippen LogP contribution >= 0.6 is 11.3 Å². The Hall–Kier alpha value is -3.18. The SMILES string of the molecule is Cc1ccc(-c2nc3ccccc3s2)cc1NC(=O)C=Cc1ccco1. The van der Waals surface area contributed by atoms with E-state index in [2.05, 4.69) is 16.4 Å². The number of anilines is 1. The van der Waals surface area contributed by atoms with Crippen molar-refractivity contribution in [2.75, 3.05) is 5.32 Å². The lowest BCUT2D eigenvalue weighted by Gasteiger charge is -2.08. The summed E-state index contributed by atoms with van der Waals surface area (Å²) >= 11 is 1.64. The highest BCUT2D eigenvalue weighted by Gasteiger charge is 2.09. The molecule has 26 heavy (non-hydrogen) atoms. The Kier molecular flexibility index (Phi) is 4.37. The zero-order valence-electron chi connectivity index (χ0n) is 14.1. The van der Waals surface area contributed by atoms with Crippen LogP contribution in [0.15, 0.2) is 71.4 Å². The number of aryl methyl sites for hydroxylation is 1. The quantitative estimate of drug-likeness (QED) is 0.488. The fourth-order valence-corrected chi connectivity index (χ4v) is 3.57. The molecule has 2 aromatic heterocycles. The number of para-hydroxylation sites is 1. The molecule has 0 saturated carbocycles. The summed E-state index contributed by atoms with van der Waals surface area (Å²) in [7, 11) is 0. The number of furan rings is 1. The zero-order valence-corrected chi connectivity index (χ0v) is 14.9. The van der Waals surface area contributed by atoms with Gasteiger partial charge in [0, 0.05) is 17.3 Å². The van der Waals surface area contributed by atoms with E-state index in [-0.39, 0.29) is 5.91 Å². The van der Waals surface area contributed by atoms with Crippen LogP contribution in [0.3, 0.4) is 0 Å². The Morgan fingerprint density at radius 2 is 2.04 bits per heavy atom. The topological polar surface area (TPSA) is 55.1 Å². The summed E-state index contributed by atoms with van der Waals surface area (Å²) in [6, 6.07) is 17.6. The standard InChI is InChI=1S/C21H16N2O2S/c1-14-8-9-15(21-23-17-6-2-3-7-19(17)26-21)13-18(14)22-20(24)11-10-16-5-4-12-25-16/h2-13H,1H3,(H,22,24). The van der Waals surface area contributed by atoms with Crippen molar-refractivity contribution in [1.29, 1.82) is 0 Å². The van der Waals surface area contributed by atoms with Gasteiger partial charge in [-0.1, -0.05) is 24.3 Å². The fraction of sp³-hybridized carbons (Fsp3) is 0.0476. The van der Waals surface area contributed by atoms with Gasteiger partial charge in [-0.15, -0.1) is 11.3 Å². The van der Waals surface area contributed by atoms with Crippen LogP contribution in [0, 0.1) is 6.92 Å². The van der Waals surface area contributed by atoms with Crippen molar-refractivity contribution in [2.45, 2.75) is 6.92 Å². The van der Waals surface area contributed by atoms with Crippen LogP contribution < -0.4 is 5.32 Å². The molecule has 0 unspecified atom stereocenters. The van der Waals surface area contributed by atoms with Crippen LogP contribution in [0.25, 0.3) is 26.9 Å². The monoisotopic (exact) mass is 360 g/mol. The highest BCUT2D eigenvalue weighted by molar-refractivity contribution is 7.21. The lowest BCUT2D eigenvalue weighted by Crippen LogP contribution is -2.09. The van der Waals surface area contributed by atoms with Gasteiger partial charge in [0.05, 0.1) is 16.5 Å². The number of carbonyl (C=O) groups is 1. The summed E-state index contributed by atoms with van der Waals surface area (Å²) in [5.74, 6) is 0.436. The number of aromatic nitrogens is 1. The van der Waals surface area contributed by atoms with Crippen molar-refractivity contribution in [3.05, 3.63) is 78.3 Å². The van der Waals surface area contributed by atoms with E-state index < -0.39 is 0 Å². The number of benzene rings is 2. The average molecular weight is 360 g/mol. The number of nitrogens with zero attached hydrogens (tertiary/aromatic N) is 1. The van der Waals surface area contributed by atoms with Gasteiger partial charge in [0.2, 0.25) is 5.91 Å². The van der Waals surface area contributed by atoms with Crippen molar-refractivity contribution < 1.29 is 9.21 Å². The second-order valence-corrected chi connectivity index (χ2v) is 6.89. The number of nitrogens with one attached hydrogen (secondary N) is 1. The van der Waals surface area contributed by atoms with Gasteiger partial charge in [-0.25, -0.2) is 4.98 Å². The molecule has 1 N–H and O–H groups in total. The Morgan fingerprint density at radius 1 is 1.15 bits per heavy atom. The molecule has 0 saturated heterocycles. The molecule has 4 aromatic rings. The lowest BCUT2D eigenvalue weighted by molar-refractivity contribution is -0.111. The van der Waals surface area contributed by atoms with E-state index in [9.17, 15) is 4.79 Å². The number of hydrogen-bond acceptors (Lipinski definition) is 4. The normalized spacial score (nSPS) is 11.3. The van der Waals surface area contributed by atoms with E-state index >= 15 is 0 Å². The highest BCUT2D eigenvalue weighted by atomic mass is 32.1. The van der Waals surface area contributed by atoms with Crippen molar-refractivity contribution in [1.82, 2.24) is 4.98 Å². The Bertz CT molecular complexity index is 1060. The number of fused-ring (bicyclic) bond motifs is 1. The smallest absolute Gasteiger partial charge is 0.248 e. The molecule has 0 bridgehead atoms. The third-order valence-electron chi connectivity index (χ3n) is 3.98. The fourth-order valence-electron chi connectivity index (χ4n) is 2.60. The van der Waals surface area contributed by atoms with Gasteiger partial charge in [0.15, 0.2) is 0 Å². The summed E-state index contributed by atoms with van der Waals surface area (Å²) in [6.45, 7) is 1.97. The molecule has 0 fully saturated rings. The van der Waals surface area contributed by atoms with Gasteiger partial charge in [-0.05, 0) is 48.9 Å². The second-order valence-electron chi connectivity index (χ2n) is 5.85. The first-order valence-electron chi connectivity index (χ1n) is 8.18. The molecule has 0 aliphatic heterocycles. The van der Waals surface area contributed by atoms with E-state index in [1.807, 2.05) is 43.3 Å². The molecule has 2 heterocycles. The van der Waals surface area contributed by atoms with Crippen molar-refractivity contribution in [3.63, 3.8) is 0 Å². The molecule has 4 rings (SSSR count). The van der Waals surface area contributed by atoms with Gasteiger partial charge in [0.1, 0.15) is 10.8 Å². The predicted octanol–water partition coefficient (Wildman–Crippen LogP) is 5.52. The third-order valence-corrected chi connectivity index (χ3v) is 5.06. The first-order valence-corrected chi connectivity index (χ1v) is 9.00. The van der Waals surface area contributed by atoms with E-state index in [0.29, 0.717) is 5.76 Å². The minimum Gasteiger partial charge on any atom is -0.465 e. The first-order chi connectivity index (χ1) is 12.7. The molecule has 0 aliphatic rings. The lowest BCUT2D eigenvalue weighted by atomic mass is 10.1. The highest BCUT2D eigenvalue weighted by Crippen LogP contribution is 2.32. The van der Waals surface area contributed by atoms with Crippen LogP contribution in [0.4, 0.5) is 5.69 Å². The Morgan fingerprint density at radius 3 is 2.85 bits per heavy atom. The number of carbonyl (C=O) groups excluding carboxylic acids is 1. The van der Waals surface area contributed by atoms with Gasteiger partial charge in [-0.3, -0.25) is 4.79 Å². The van der Waals surface area contributed by atoms with Crippen molar-refractivity contribution >= 4 is 39.2 Å². The number of rotatable bonds is 4. The van der Waals surface area contributed by atoms with E-state index in [0.717, 1.165) is 32.0 Å². The zero-order chi connectivity index (χ0) is 17.9. The van der Waals surface area contributed by atoms with Gasteiger partial charge < -0.3 is 9.73 Å². The van der Waals surface area contributed by atoms with E-state index in [1.54, 1.807) is 35.8 Å². The van der Waals surface area contributed by atoms with Crippen molar-refractivity contribution in [2.24, 2.45) is 0 Å². The third kappa shape index (κ3) is 3.43. The number of amides is 1. The summed E-state index contributed by atoms with van der Waals surface area (Å²) in [4.78, 5) is 16.9. The molecule has 4 nitrogen and oxygen atoms in total. The minimum atomic E-state index is -0.203. The predicted molar refractivity (Wildman–Crippen MR) is 106 cm³/mol. The molecule has 0 aliphatic carbocycles. The molecule has 5 heteroatoms. The molecular formula is C21H16N2O2S. The van der Waals surface area contributed by atoms with Gasteiger partial charge in [-0.2, -0.15) is 0 Å². The maximum absolute atomic E-state index is 12.2. The second kappa shape index (κ2) is 6.98. The van der Waals surface area contributed by atoms with Crippen molar-refractivity contribution in [3.8, 4) is 10.6 Å². The molecule has 128 valence electrons. The van der Waals surface area contributed by atoms with E-state index in [1.165, 1.54) is 6.08 Å². The van der Waals surface area contributed by atoms with Crippen LogP contribution in [-0.4, -0.2) is 10.9 Å². The summed E-state index contributed by atoms with van der Waals surface area (Å²) in [5.41, 5.74) is 3.74. The molecule has 0 atom stereocenters. The van der Waals surface area contributed by atoms with Gasteiger partial charge >= 0.3 is 0 Å². The maximum Gasteiger partial charge on any atom is 0.248 e. The van der Waals surface area contributed by atoms with Crippen LogP contribution in [0.2, 0.25) is 0 Å². The molecule has 0 radical (unpaired) electrons. The molecular weight excluding hydrogens is 344 g/mol. The van der Waals surface area contributed by atoms with Crippen LogP contribution in [0.5, 0.6) is 0 Å². The van der Waals surface area contributed by atoms with Crippen LogP contribution in [0.1, 0.15) is 11.3 Å². The molecule has 2 aromatic carbocycles. The Balaban J connectivity index is 1.58. The summed E-state index contributed by atoms with van der Waals surface area (Å²) in [5, 5.41) is 3.86. The largest absolute Gasteiger partial charge is 0.465 e. The minimum absolute atomic E-state index is 0.203. The summed E-state index contributed by atoms with van der Waals surface area (Å²) < 4.78 is 6.34. The Labute approximate surface area is 154 Å². The maximum atomic E-state index is 12.2. The van der Waals surface area contributed by atoms with E-state index in [4.69, 9.17) is 4.42 Å².